The molecule has 0 unspecified atom stereocenters. The summed E-state index contributed by atoms with van der Waals surface area (Å²) in [6.45, 7) is 3.65. The summed E-state index contributed by atoms with van der Waals surface area (Å²) in [5.74, 6) is -0.129. The molecule has 6 nitrogen and oxygen atoms in total. The smallest absolute Gasteiger partial charge is 0.323 e. The quantitative estimate of drug-likeness (QED) is 0.792. The van der Waals surface area contributed by atoms with Crippen molar-refractivity contribution in [1.82, 2.24) is 0 Å². The van der Waals surface area contributed by atoms with Crippen LogP contribution in [-0.2, 0) is 4.79 Å². The molecule has 0 bridgehead atoms. The molecule has 2 aromatic carbocycles. The fourth-order valence-corrected chi connectivity index (χ4v) is 2.86. The first-order valence-electron chi connectivity index (χ1n) is 8.41. The Hall–Kier alpha value is -3.02. The van der Waals surface area contributed by atoms with Crippen LogP contribution < -0.4 is 20.9 Å². The van der Waals surface area contributed by atoms with Crippen molar-refractivity contribution in [2.45, 2.75) is 19.8 Å². The maximum Gasteiger partial charge on any atom is 0.323 e. The van der Waals surface area contributed by atoms with Crippen molar-refractivity contribution in [2.75, 3.05) is 33.9 Å². The van der Waals surface area contributed by atoms with Crippen LogP contribution in [0.25, 0.3) is 0 Å². The van der Waals surface area contributed by atoms with E-state index in [0.717, 1.165) is 18.8 Å². The summed E-state index contributed by atoms with van der Waals surface area (Å²) in [5, 5.41) is 8.27. The van der Waals surface area contributed by atoms with Crippen LogP contribution in [0.15, 0.2) is 48.5 Å². The van der Waals surface area contributed by atoms with Crippen LogP contribution in [0.3, 0.4) is 0 Å². The SMILES string of the molecule is CC(=O)Nc1ccc(NC(=O)Nc2ccc(N3CCCC3)cc2)cc1. The minimum Gasteiger partial charge on any atom is -0.372 e. The fourth-order valence-electron chi connectivity index (χ4n) is 2.86. The molecule has 0 saturated carbocycles. The first kappa shape index (κ1) is 16.8. The summed E-state index contributed by atoms with van der Waals surface area (Å²) >= 11 is 0. The maximum atomic E-state index is 12.1. The highest BCUT2D eigenvalue weighted by atomic mass is 16.2. The number of nitrogens with zero attached hydrogens (tertiary/aromatic N) is 1. The Balaban J connectivity index is 1.54. The molecule has 130 valence electrons. The average Bonchev–Trinajstić information content (AvgIpc) is 3.11. The molecule has 6 heteroatoms. The summed E-state index contributed by atoms with van der Waals surface area (Å²) in [4.78, 5) is 25.4. The Morgan fingerprint density at radius 1 is 0.760 bits per heavy atom. The van der Waals surface area contributed by atoms with E-state index in [1.807, 2.05) is 24.3 Å². The number of anilines is 4. The van der Waals surface area contributed by atoms with Gasteiger partial charge in [-0.15, -0.1) is 0 Å². The molecule has 0 atom stereocenters. The van der Waals surface area contributed by atoms with Gasteiger partial charge in [0.1, 0.15) is 0 Å². The number of benzene rings is 2. The number of nitrogens with one attached hydrogen (secondary N) is 3. The van der Waals surface area contributed by atoms with E-state index in [4.69, 9.17) is 0 Å². The minimum atomic E-state index is -0.304. The van der Waals surface area contributed by atoms with E-state index >= 15 is 0 Å². The number of carbonyl (C=O) groups excluding carboxylic acids is 2. The molecular weight excluding hydrogens is 316 g/mol. The predicted octanol–water partition coefficient (Wildman–Crippen LogP) is 3.89. The van der Waals surface area contributed by atoms with Gasteiger partial charge < -0.3 is 20.9 Å². The van der Waals surface area contributed by atoms with Gasteiger partial charge in [-0.05, 0) is 61.4 Å². The van der Waals surface area contributed by atoms with Crippen molar-refractivity contribution in [3.63, 3.8) is 0 Å². The van der Waals surface area contributed by atoms with Gasteiger partial charge in [0.25, 0.3) is 0 Å². The third kappa shape index (κ3) is 4.73. The first-order chi connectivity index (χ1) is 12.1. The van der Waals surface area contributed by atoms with Gasteiger partial charge >= 0.3 is 6.03 Å². The van der Waals surface area contributed by atoms with Gasteiger partial charge in [-0.2, -0.15) is 0 Å². The molecule has 0 aliphatic carbocycles. The van der Waals surface area contributed by atoms with Crippen LogP contribution in [0.4, 0.5) is 27.5 Å². The van der Waals surface area contributed by atoms with Crippen molar-refractivity contribution in [2.24, 2.45) is 0 Å². The molecule has 0 radical (unpaired) electrons. The van der Waals surface area contributed by atoms with E-state index in [1.165, 1.54) is 25.5 Å². The predicted molar refractivity (Wildman–Crippen MR) is 101 cm³/mol. The van der Waals surface area contributed by atoms with Crippen LogP contribution in [0.5, 0.6) is 0 Å². The number of hydrogen-bond donors (Lipinski definition) is 3. The molecule has 3 rings (SSSR count). The standard InChI is InChI=1S/C19H22N4O2/c1-14(24)20-15-4-6-16(7-5-15)21-19(25)22-17-8-10-18(11-9-17)23-12-2-3-13-23/h4-11H,2-3,12-13H2,1H3,(H,20,24)(H2,21,22,25). The number of hydrogen-bond acceptors (Lipinski definition) is 3. The van der Waals surface area contributed by atoms with Gasteiger partial charge in [0.05, 0.1) is 0 Å². The van der Waals surface area contributed by atoms with Gasteiger partial charge in [-0.25, -0.2) is 4.79 Å². The van der Waals surface area contributed by atoms with Crippen LogP contribution in [0.2, 0.25) is 0 Å². The van der Waals surface area contributed by atoms with E-state index < -0.39 is 0 Å². The largest absolute Gasteiger partial charge is 0.372 e. The Labute approximate surface area is 147 Å². The average molecular weight is 338 g/mol. The molecule has 25 heavy (non-hydrogen) atoms. The molecule has 1 aliphatic heterocycles. The third-order valence-electron chi connectivity index (χ3n) is 4.06. The Kier molecular flexibility index (Phi) is 5.18. The topological polar surface area (TPSA) is 73.5 Å². The van der Waals surface area contributed by atoms with Crippen molar-refractivity contribution in [3.05, 3.63) is 48.5 Å². The van der Waals surface area contributed by atoms with E-state index in [2.05, 4.69) is 20.9 Å². The summed E-state index contributed by atoms with van der Waals surface area (Å²) in [5.41, 5.74) is 3.28. The molecule has 0 spiro atoms. The normalized spacial score (nSPS) is 13.4. The van der Waals surface area contributed by atoms with Gasteiger partial charge in [-0.1, -0.05) is 0 Å². The molecule has 1 aliphatic rings. The van der Waals surface area contributed by atoms with Gasteiger partial charge in [-0.3, -0.25) is 4.79 Å². The van der Waals surface area contributed by atoms with Crippen LogP contribution in [-0.4, -0.2) is 25.0 Å². The van der Waals surface area contributed by atoms with Crippen molar-refractivity contribution in [3.8, 4) is 0 Å². The fraction of sp³-hybridized carbons (Fsp3) is 0.263. The second-order valence-corrected chi connectivity index (χ2v) is 6.08. The minimum absolute atomic E-state index is 0.129. The third-order valence-corrected chi connectivity index (χ3v) is 4.06. The van der Waals surface area contributed by atoms with Gasteiger partial charge in [0.15, 0.2) is 0 Å². The lowest BCUT2D eigenvalue weighted by atomic mass is 10.2. The highest BCUT2D eigenvalue weighted by molar-refractivity contribution is 6.00. The summed E-state index contributed by atoms with van der Waals surface area (Å²) in [7, 11) is 0. The summed E-state index contributed by atoms with van der Waals surface area (Å²) in [6.07, 6.45) is 2.48. The summed E-state index contributed by atoms with van der Waals surface area (Å²) in [6, 6.07) is 14.5. The number of carbonyl (C=O) groups is 2. The highest BCUT2D eigenvalue weighted by Gasteiger charge is 2.12. The van der Waals surface area contributed by atoms with E-state index in [0.29, 0.717) is 11.4 Å². The second-order valence-electron chi connectivity index (χ2n) is 6.08. The summed E-state index contributed by atoms with van der Waals surface area (Å²) < 4.78 is 0. The van der Waals surface area contributed by atoms with Crippen LogP contribution in [0, 0.1) is 0 Å². The Morgan fingerprint density at radius 3 is 1.68 bits per heavy atom. The zero-order valence-corrected chi connectivity index (χ0v) is 14.2. The van der Waals surface area contributed by atoms with E-state index in [9.17, 15) is 9.59 Å². The molecule has 3 amide bonds. The monoisotopic (exact) mass is 338 g/mol. The second kappa shape index (κ2) is 7.70. The molecule has 3 N–H and O–H groups in total. The number of amides is 3. The van der Waals surface area contributed by atoms with Crippen molar-refractivity contribution in [1.29, 1.82) is 0 Å². The molecule has 2 aromatic rings. The number of urea groups is 1. The molecule has 1 heterocycles. The van der Waals surface area contributed by atoms with Gasteiger partial charge in [0, 0.05) is 42.8 Å². The van der Waals surface area contributed by atoms with Crippen LogP contribution >= 0.6 is 0 Å². The van der Waals surface area contributed by atoms with Gasteiger partial charge in [0.2, 0.25) is 5.91 Å². The first-order valence-corrected chi connectivity index (χ1v) is 8.41. The zero-order chi connectivity index (χ0) is 17.6. The zero-order valence-electron chi connectivity index (χ0n) is 14.2. The molecule has 1 saturated heterocycles. The lowest BCUT2D eigenvalue weighted by Gasteiger charge is -2.17. The van der Waals surface area contributed by atoms with E-state index in [-0.39, 0.29) is 11.9 Å². The molecule has 0 aromatic heterocycles. The van der Waals surface area contributed by atoms with Crippen LogP contribution in [0.1, 0.15) is 19.8 Å². The Morgan fingerprint density at radius 2 is 1.20 bits per heavy atom. The maximum absolute atomic E-state index is 12.1. The lowest BCUT2D eigenvalue weighted by molar-refractivity contribution is -0.114. The lowest BCUT2D eigenvalue weighted by Crippen LogP contribution is -2.20. The van der Waals surface area contributed by atoms with Crippen molar-refractivity contribution >= 4 is 34.7 Å². The molecular formula is C19H22N4O2. The number of rotatable bonds is 4. The Bertz CT molecular complexity index is 735. The molecule has 1 fully saturated rings. The van der Waals surface area contributed by atoms with Crippen molar-refractivity contribution < 1.29 is 9.59 Å². The van der Waals surface area contributed by atoms with E-state index in [1.54, 1.807) is 24.3 Å². The highest BCUT2D eigenvalue weighted by Crippen LogP contribution is 2.22.